The second kappa shape index (κ2) is 7.66. The predicted molar refractivity (Wildman–Crippen MR) is 80.4 cm³/mol. The van der Waals surface area contributed by atoms with Gasteiger partial charge in [-0.25, -0.2) is 0 Å². The van der Waals surface area contributed by atoms with Crippen molar-refractivity contribution in [2.24, 2.45) is 0 Å². The van der Waals surface area contributed by atoms with Gasteiger partial charge in [0.25, 0.3) is 0 Å². The smallest absolute Gasteiger partial charge is 0.0431 e. The van der Waals surface area contributed by atoms with E-state index in [9.17, 15) is 0 Å². The monoisotopic (exact) mass is 261 g/mol. The Morgan fingerprint density at radius 1 is 1.16 bits per heavy atom. The summed E-state index contributed by atoms with van der Waals surface area (Å²) in [6.45, 7) is 4.92. The Morgan fingerprint density at radius 3 is 2.68 bits per heavy atom. The minimum atomic E-state index is 0.327. The van der Waals surface area contributed by atoms with Gasteiger partial charge in [-0.2, -0.15) is 0 Å². The highest BCUT2D eigenvalue weighted by atomic mass is 16.2. The van der Waals surface area contributed by atoms with Crippen LogP contribution in [-0.2, 0) is 12.8 Å². The van der Waals surface area contributed by atoms with Crippen LogP contribution in [-0.4, -0.2) is 35.7 Å². The van der Waals surface area contributed by atoms with Crippen molar-refractivity contribution in [2.45, 2.75) is 51.5 Å². The molecule has 1 aromatic rings. The van der Waals surface area contributed by atoms with Gasteiger partial charge in [0.1, 0.15) is 0 Å². The number of benzene rings is 1. The summed E-state index contributed by atoms with van der Waals surface area (Å²) in [5, 5.41) is 8.93. The minimum Gasteiger partial charge on any atom is -0.396 e. The van der Waals surface area contributed by atoms with E-state index in [4.69, 9.17) is 5.11 Å². The summed E-state index contributed by atoms with van der Waals surface area (Å²) in [5.74, 6) is 0. The fraction of sp³-hybridized carbons (Fsp3) is 0.647. The summed E-state index contributed by atoms with van der Waals surface area (Å²) in [6.07, 6.45) is 6.99. The molecule has 1 aromatic carbocycles. The van der Waals surface area contributed by atoms with Crippen LogP contribution in [0.3, 0.4) is 0 Å². The Bertz CT molecular complexity index is 377. The van der Waals surface area contributed by atoms with Crippen molar-refractivity contribution in [3.05, 3.63) is 35.4 Å². The molecule has 0 fully saturated rings. The van der Waals surface area contributed by atoms with Crippen molar-refractivity contribution in [1.82, 2.24) is 4.90 Å². The summed E-state index contributed by atoms with van der Waals surface area (Å²) in [7, 11) is 0. The van der Waals surface area contributed by atoms with Crippen molar-refractivity contribution in [3.63, 3.8) is 0 Å². The van der Waals surface area contributed by atoms with Crippen molar-refractivity contribution < 1.29 is 5.11 Å². The number of aliphatic hydroxyl groups is 1. The normalized spacial score (nSPS) is 18.6. The number of unbranched alkanes of at least 4 members (excludes halogenated alkanes) is 1. The third kappa shape index (κ3) is 4.05. The maximum absolute atomic E-state index is 8.93. The summed E-state index contributed by atoms with van der Waals surface area (Å²) in [4.78, 5) is 2.64. The summed E-state index contributed by atoms with van der Waals surface area (Å²) >= 11 is 0. The molecule has 0 aromatic heterocycles. The van der Waals surface area contributed by atoms with Crippen LogP contribution in [0, 0.1) is 0 Å². The van der Waals surface area contributed by atoms with Gasteiger partial charge in [0, 0.05) is 12.6 Å². The molecular weight excluding hydrogens is 234 g/mol. The molecule has 1 atom stereocenters. The number of fused-ring (bicyclic) bond motifs is 1. The molecule has 0 bridgehead atoms. The molecule has 0 heterocycles. The Balaban J connectivity index is 1.95. The van der Waals surface area contributed by atoms with Crippen molar-refractivity contribution in [2.75, 3.05) is 19.7 Å². The lowest BCUT2D eigenvalue weighted by atomic mass is 9.87. The topological polar surface area (TPSA) is 23.5 Å². The first kappa shape index (κ1) is 14.5. The van der Waals surface area contributed by atoms with Crippen molar-refractivity contribution in [1.29, 1.82) is 0 Å². The van der Waals surface area contributed by atoms with Crippen LogP contribution >= 0.6 is 0 Å². The Hall–Kier alpha value is -0.860. The van der Waals surface area contributed by atoms with E-state index in [1.165, 1.54) is 32.2 Å². The second-order valence-electron chi connectivity index (χ2n) is 5.63. The molecule has 1 unspecified atom stereocenters. The third-order valence-corrected chi connectivity index (χ3v) is 4.20. The molecule has 1 aliphatic carbocycles. The van der Waals surface area contributed by atoms with Crippen LogP contribution < -0.4 is 0 Å². The molecule has 1 N–H and O–H groups in total. The second-order valence-corrected chi connectivity index (χ2v) is 5.63. The van der Waals surface area contributed by atoms with Crippen LogP contribution in [0.5, 0.6) is 0 Å². The SMILES string of the molecule is CCCN(CCCCO)C1CCc2ccccc2C1. The van der Waals surface area contributed by atoms with Gasteiger partial charge < -0.3 is 10.0 Å². The minimum absolute atomic E-state index is 0.327. The fourth-order valence-electron chi connectivity index (χ4n) is 3.18. The predicted octanol–water partition coefficient (Wildman–Crippen LogP) is 3.03. The zero-order valence-corrected chi connectivity index (χ0v) is 12.1. The van der Waals surface area contributed by atoms with Crippen molar-refractivity contribution in [3.8, 4) is 0 Å². The Morgan fingerprint density at radius 2 is 1.95 bits per heavy atom. The van der Waals surface area contributed by atoms with Crippen molar-refractivity contribution >= 4 is 0 Å². The van der Waals surface area contributed by atoms with Gasteiger partial charge in [-0.3, -0.25) is 0 Å². The molecule has 0 saturated heterocycles. The Labute approximate surface area is 117 Å². The van der Waals surface area contributed by atoms with E-state index in [0.717, 1.165) is 19.4 Å². The van der Waals surface area contributed by atoms with Crippen LogP contribution in [0.15, 0.2) is 24.3 Å². The van der Waals surface area contributed by atoms with E-state index in [-0.39, 0.29) is 0 Å². The first-order chi connectivity index (χ1) is 9.35. The lowest BCUT2D eigenvalue weighted by Crippen LogP contribution is -2.40. The van der Waals surface area contributed by atoms with Gasteiger partial charge in [-0.05, 0) is 62.7 Å². The molecule has 0 amide bonds. The Kier molecular flexibility index (Phi) is 5.87. The lowest BCUT2D eigenvalue weighted by molar-refractivity contribution is 0.170. The molecule has 2 nitrogen and oxygen atoms in total. The number of rotatable bonds is 7. The zero-order chi connectivity index (χ0) is 13.5. The molecule has 0 spiro atoms. The average Bonchev–Trinajstić information content (AvgIpc) is 2.46. The van der Waals surface area contributed by atoms with E-state index in [2.05, 4.69) is 36.1 Å². The van der Waals surface area contributed by atoms with Gasteiger partial charge in [0.15, 0.2) is 0 Å². The molecule has 19 heavy (non-hydrogen) atoms. The molecule has 2 rings (SSSR count). The largest absolute Gasteiger partial charge is 0.396 e. The van der Waals surface area contributed by atoms with Crippen LogP contribution in [0.25, 0.3) is 0 Å². The first-order valence-corrected chi connectivity index (χ1v) is 7.76. The van der Waals surface area contributed by atoms with E-state index in [1.807, 2.05) is 0 Å². The molecule has 1 aliphatic rings. The van der Waals surface area contributed by atoms with E-state index in [0.29, 0.717) is 12.6 Å². The number of hydrogen-bond donors (Lipinski definition) is 1. The summed E-state index contributed by atoms with van der Waals surface area (Å²) in [5.41, 5.74) is 3.09. The standard InChI is InChI=1S/C17H27NO/c1-2-11-18(12-5-6-13-19)17-10-9-15-7-3-4-8-16(15)14-17/h3-4,7-8,17,19H,2,5-6,9-14H2,1H3. The molecule has 106 valence electrons. The fourth-order valence-corrected chi connectivity index (χ4v) is 3.18. The molecule has 0 saturated carbocycles. The van der Waals surface area contributed by atoms with Crippen LogP contribution in [0.2, 0.25) is 0 Å². The maximum Gasteiger partial charge on any atom is 0.0431 e. The molecule has 0 radical (unpaired) electrons. The van der Waals surface area contributed by atoms with E-state index in [1.54, 1.807) is 11.1 Å². The molecular formula is C17H27NO. The summed E-state index contributed by atoms with van der Waals surface area (Å²) in [6, 6.07) is 9.59. The van der Waals surface area contributed by atoms with Gasteiger partial charge in [0.05, 0.1) is 0 Å². The highest BCUT2D eigenvalue weighted by molar-refractivity contribution is 5.30. The highest BCUT2D eigenvalue weighted by Crippen LogP contribution is 2.24. The lowest BCUT2D eigenvalue weighted by Gasteiger charge is -2.35. The number of hydrogen-bond acceptors (Lipinski definition) is 2. The number of aryl methyl sites for hydroxylation is 1. The van der Waals surface area contributed by atoms with Gasteiger partial charge in [0.2, 0.25) is 0 Å². The molecule has 2 heteroatoms. The summed E-state index contributed by atoms with van der Waals surface area (Å²) < 4.78 is 0. The maximum atomic E-state index is 8.93. The van der Waals surface area contributed by atoms with E-state index < -0.39 is 0 Å². The highest BCUT2D eigenvalue weighted by Gasteiger charge is 2.23. The van der Waals surface area contributed by atoms with Crippen LogP contribution in [0.4, 0.5) is 0 Å². The molecule has 0 aliphatic heterocycles. The van der Waals surface area contributed by atoms with Gasteiger partial charge in [-0.1, -0.05) is 31.2 Å². The number of nitrogens with zero attached hydrogens (tertiary/aromatic N) is 1. The van der Waals surface area contributed by atoms with Gasteiger partial charge >= 0.3 is 0 Å². The zero-order valence-electron chi connectivity index (χ0n) is 12.1. The van der Waals surface area contributed by atoms with Gasteiger partial charge in [-0.15, -0.1) is 0 Å². The quantitative estimate of drug-likeness (QED) is 0.763. The number of aliphatic hydroxyl groups excluding tert-OH is 1. The average molecular weight is 261 g/mol. The van der Waals surface area contributed by atoms with Crippen LogP contribution in [0.1, 0.15) is 43.7 Å². The first-order valence-electron chi connectivity index (χ1n) is 7.76. The van der Waals surface area contributed by atoms with E-state index >= 15 is 0 Å². The third-order valence-electron chi connectivity index (χ3n) is 4.20.